The van der Waals surface area contributed by atoms with Crippen LogP contribution in [-0.4, -0.2) is 63.7 Å². The highest BCUT2D eigenvalue weighted by Crippen LogP contribution is 2.37. The molecule has 2 fully saturated rings. The monoisotopic (exact) mass is 579 g/mol. The van der Waals surface area contributed by atoms with Gasteiger partial charge in [0.15, 0.2) is 0 Å². The summed E-state index contributed by atoms with van der Waals surface area (Å²) in [6, 6.07) is 7.96. The number of morpholine rings is 1. The molecule has 3 N–H and O–H groups in total. The highest BCUT2D eigenvalue weighted by atomic mass is 35.5. The molecule has 0 saturated carbocycles. The van der Waals surface area contributed by atoms with E-state index in [1.807, 2.05) is 6.92 Å². The van der Waals surface area contributed by atoms with Crippen LogP contribution in [0.25, 0.3) is 0 Å². The van der Waals surface area contributed by atoms with Crippen molar-refractivity contribution < 1.29 is 32.6 Å². The van der Waals surface area contributed by atoms with Gasteiger partial charge in [0, 0.05) is 43.0 Å². The lowest BCUT2D eigenvalue weighted by Crippen LogP contribution is -2.50. The Morgan fingerprint density at radius 3 is 2.62 bits per heavy atom. The van der Waals surface area contributed by atoms with Gasteiger partial charge in [-0.25, -0.2) is 13.6 Å². The molecule has 218 valence electrons. The highest BCUT2D eigenvalue weighted by Gasteiger charge is 2.38. The number of nitrogens with one attached hydrogen (secondary N) is 3. The maximum absolute atomic E-state index is 15.0. The van der Waals surface area contributed by atoms with Gasteiger partial charge in [0.25, 0.3) is 0 Å². The summed E-state index contributed by atoms with van der Waals surface area (Å²) in [5, 5.41) is 8.78. The van der Waals surface area contributed by atoms with Gasteiger partial charge >= 0.3 is 6.09 Å². The zero-order valence-electron chi connectivity index (χ0n) is 22.7. The summed E-state index contributed by atoms with van der Waals surface area (Å²) in [5.74, 6) is -2.40. The molecule has 2 aromatic carbocycles. The van der Waals surface area contributed by atoms with Gasteiger partial charge in [0.1, 0.15) is 17.7 Å². The zero-order valence-corrected chi connectivity index (χ0v) is 23.4. The summed E-state index contributed by atoms with van der Waals surface area (Å²) in [7, 11) is 1.20. The number of hydrogen-bond acceptors (Lipinski definition) is 6. The Bertz CT molecular complexity index is 1170. The molecule has 11 heteroatoms. The SMILES string of the molecule is COC(=O)N[C@H](C(=O)Nc1cccc(F)c1CC[C@@H]1CN[C@H](C)CO1)[C@@H](c1ccc(Cl)c(F)c1)C1CCOCC1. The lowest BCUT2D eigenvalue weighted by atomic mass is 9.76. The van der Waals surface area contributed by atoms with Crippen LogP contribution in [0, 0.1) is 17.6 Å². The predicted octanol–water partition coefficient (Wildman–Crippen LogP) is 4.80. The molecule has 2 heterocycles. The van der Waals surface area contributed by atoms with E-state index in [9.17, 15) is 14.0 Å². The van der Waals surface area contributed by atoms with Gasteiger partial charge in [-0.05, 0) is 68.4 Å². The zero-order chi connectivity index (χ0) is 28.6. The third-order valence-corrected chi connectivity index (χ3v) is 7.88. The van der Waals surface area contributed by atoms with E-state index in [4.69, 9.17) is 25.8 Å². The Labute approximate surface area is 238 Å². The van der Waals surface area contributed by atoms with Crippen LogP contribution in [0.3, 0.4) is 0 Å². The fraction of sp³-hybridized carbons (Fsp3) is 0.517. The molecule has 4 atom stereocenters. The molecule has 2 amide bonds. The first-order valence-corrected chi connectivity index (χ1v) is 13.9. The van der Waals surface area contributed by atoms with Gasteiger partial charge < -0.3 is 30.2 Å². The number of rotatable bonds is 9. The van der Waals surface area contributed by atoms with Crippen LogP contribution in [0.2, 0.25) is 5.02 Å². The second-order valence-electron chi connectivity index (χ2n) is 10.3. The summed E-state index contributed by atoms with van der Waals surface area (Å²) < 4.78 is 45.8. The van der Waals surface area contributed by atoms with Crippen LogP contribution in [-0.2, 0) is 25.4 Å². The van der Waals surface area contributed by atoms with Gasteiger partial charge in [-0.2, -0.15) is 0 Å². The third-order valence-electron chi connectivity index (χ3n) is 7.57. The first-order valence-electron chi connectivity index (χ1n) is 13.6. The molecule has 0 aliphatic carbocycles. The van der Waals surface area contributed by atoms with E-state index in [2.05, 4.69) is 16.0 Å². The van der Waals surface area contributed by atoms with Crippen LogP contribution < -0.4 is 16.0 Å². The fourth-order valence-corrected chi connectivity index (χ4v) is 5.52. The van der Waals surface area contributed by atoms with E-state index in [1.165, 1.54) is 31.4 Å². The number of amides is 2. The van der Waals surface area contributed by atoms with Crippen molar-refractivity contribution in [1.29, 1.82) is 0 Å². The fourth-order valence-electron chi connectivity index (χ4n) is 5.40. The Morgan fingerprint density at radius 2 is 1.95 bits per heavy atom. The molecule has 8 nitrogen and oxygen atoms in total. The number of alkyl carbamates (subject to hydrolysis) is 1. The molecule has 40 heavy (non-hydrogen) atoms. The lowest BCUT2D eigenvalue weighted by Gasteiger charge is -2.36. The first kappa shape index (κ1) is 30.2. The number of ether oxygens (including phenoxy) is 3. The standard InChI is InChI=1S/C29H36ClF2N3O5/c1-17-16-40-20(15-33-17)7-8-21-23(31)4-3-5-25(21)34-28(36)27(35-29(37)38-2)26(18-10-12-39-13-11-18)19-6-9-22(30)24(32)14-19/h3-6,9,14,17-18,20,26-27,33H,7-8,10-13,15-16H2,1-2H3,(H,34,36)(H,35,37)/t17-,20-,26-,27+/m1/s1. The summed E-state index contributed by atoms with van der Waals surface area (Å²) >= 11 is 5.94. The third kappa shape index (κ3) is 7.69. The minimum Gasteiger partial charge on any atom is -0.453 e. The van der Waals surface area contributed by atoms with Crippen molar-refractivity contribution in [2.24, 2.45) is 5.92 Å². The van der Waals surface area contributed by atoms with E-state index in [-0.39, 0.29) is 23.1 Å². The van der Waals surface area contributed by atoms with Crippen LogP contribution >= 0.6 is 11.6 Å². The maximum Gasteiger partial charge on any atom is 0.407 e. The Kier molecular flexibility index (Phi) is 10.7. The number of halogens is 3. The topological polar surface area (TPSA) is 97.9 Å². The van der Waals surface area contributed by atoms with Crippen molar-refractivity contribution in [3.63, 3.8) is 0 Å². The molecule has 2 aliphatic heterocycles. The summed E-state index contributed by atoms with van der Waals surface area (Å²) in [6.45, 7) is 4.20. The van der Waals surface area contributed by atoms with Crippen LogP contribution in [0.15, 0.2) is 36.4 Å². The molecular formula is C29H36ClF2N3O5. The van der Waals surface area contributed by atoms with Crippen molar-refractivity contribution in [3.8, 4) is 0 Å². The lowest BCUT2D eigenvalue weighted by molar-refractivity contribution is -0.119. The van der Waals surface area contributed by atoms with E-state index in [1.54, 1.807) is 12.1 Å². The number of carbonyl (C=O) groups is 2. The van der Waals surface area contributed by atoms with E-state index >= 15 is 4.39 Å². The van der Waals surface area contributed by atoms with E-state index in [0.29, 0.717) is 68.9 Å². The molecule has 0 spiro atoms. The smallest absolute Gasteiger partial charge is 0.407 e. The molecule has 2 saturated heterocycles. The molecule has 0 bridgehead atoms. The van der Waals surface area contributed by atoms with E-state index in [0.717, 1.165) is 0 Å². The quantitative estimate of drug-likeness (QED) is 0.395. The maximum atomic E-state index is 15.0. The van der Waals surface area contributed by atoms with Crippen LogP contribution in [0.4, 0.5) is 19.3 Å². The van der Waals surface area contributed by atoms with Crippen molar-refractivity contribution in [2.45, 2.75) is 56.7 Å². The Morgan fingerprint density at radius 1 is 1.18 bits per heavy atom. The predicted molar refractivity (Wildman–Crippen MR) is 148 cm³/mol. The Balaban J connectivity index is 1.62. The van der Waals surface area contributed by atoms with Crippen molar-refractivity contribution in [3.05, 3.63) is 64.2 Å². The molecule has 0 aromatic heterocycles. The minimum atomic E-state index is -1.15. The van der Waals surface area contributed by atoms with Crippen molar-refractivity contribution >= 4 is 29.3 Å². The van der Waals surface area contributed by atoms with Crippen LogP contribution in [0.5, 0.6) is 0 Å². The molecule has 2 aliphatic rings. The molecule has 2 aromatic rings. The largest absolute Gasteiger partial charge is 0.453 e. The Hall–Kier alpha value is -2.79. The minimum absolute atomic E-state index is 0.0487. The molecule has 4 rings (SSSR count). The summed E-state index contributed by atoms with van der Waals surface area (Å²) in [5.41, 5.74) is 1.14. The summed E-state index contributed by atoms with van der Waals surface area (Å²) in [6.07, 6.45) is 1.20. The average Bonchev–Trinajstić information content (AvgIpc) is 2.95. The van der Waals surface area contributed by atoms with Gasteiger partial charge in [-0.3, -0.25) is 4.79 Å². The molecule has 0 unspecified atom stereocenters. The number of methoxy groups -OCH3 is 1. The number of hydrogen-bond donors (Lipinski definition) is 3. The first-order chi connectivity index (χ1) is 19.3. The molecule has 0 radical (unpaired) electrons. The van der Waals surface area contributed by atoms with Crippen molar-refractivity contribution in [1.82, 2.24) is 10.6 Å². The second-order valence-corrected chi connectivity index (χ2v) is 10.7. The average molecular weight is 580 g/mol. The number of anilines is 1. The summed E-state index contributed by atoms with van der Waals surface area (Å²) in [4.78, 5) is 26.3. The number of carbonyl (C=O) groups excluding carboxylic acids is 2. The highest BCUT2D eigenvalue weighted by molar-refractivity contribution is 6.30. The second kappa shape index (κ2) is 14.2. The van der Waals surface area contributed by atoms with Gasteiger partial charge in [0.05, 0.1) is 24.8 Å². The van der Waals surface area contributed by atoms with Crippen molar-refractivity contribution in [2.75, 3.05) is 38.8 Å². The van der Waals surface area contributed by atoms with Gasteiger partial charge in [-0.15, -0.1) is 0 Å². The van der Waals surface area contributed by atoms with Gasteiger partial charge in [-0.1, -0.05) is 23.7 Å². The molecular weight excluding hydrogens is 544 g/mol. The van der Waals surface area contributed by atoms with E-state index < -0.39 is 35.6 Å². The normalized spacial score (nSPS) is 21.3. The number of benzene rings is 2. The van der Waals surface area contributed by atoms with Crippen LogP contribution in [0.1, 0.15) is 43.2 Å². The van der Waals surface area contributed by atoms with Gasteiger partial charge in [0.2, 0.25) is 5.91 Å².